The number of rotatable bonds is 9. The van der Waals surface area contributed by atoms with Crippen LogP contribution in [-0.4, -0.2) is 37.1 Å². The van der Waals surface area contributed by atoms with E-state index < -0.39 is 0 Å². The summed E-state index contributed by atoms with van der Waals surface area (Å²) in [4.78, 5) is 5.18. The molecule has 0 N–H and O–H groups in total. The van der Waals surface area contributed by atoms with Crippen molar-refractivity contribution in [2.45, 2.75) is 45.6 Å². The Bertz CT molecular complexity index is 609. The molecule has 1 aliphatic rings. The van der Waals surface area contributed by atoms with Crippen molar-refractivity contribution in [1.29, 1.82) is 0 Å². The summed E-state index contributed by atoms with van der Waals surface area (Å²) in [6, 6.07) is 20.6. The minimum absolute atomic E-state index is 0.605. The van der Waals surface area contributed by atoms with Crippen LogP contribution in [0.5, 0.6) is 0 Å². The SMILES string of the molecule is CCN(CC)CCCCN(c1ccccc1)C1Cc2ccccc2C1. The van der Waals surface area contributed by atoms with Gasteiger partial charge in [-0.3, -0.25) is 0 Å². The van der Waals surface area contributed by atoms with Crippen molar-refractivity contribution >= 4 is 5.69 Å². The van der Waals surface area contributed by atoms with Crippen LogP contribution in [0.1, 0.15) is 37.8 Å². The predicted molar refractivity (Wildman–Crippen MR) is 108 cm³/mol. The Morgan fingerprint density at radius 1 is 0.760 bits per heavy atom. The third-order valence-electron chi connectivity index (χ3n) is 5.58. The summed E-state index contributed by atoms with van der Waals surface area (Å²) in [5.74, 6) is 0. The molecule has 0 bridgehead atoms. The molecule has 0 atom stereocenters. The molecule has 2 nitrogen and oxygen atoms in total. The molecule has 0 fully saturated rings. The summed E-state index contributed by atoms with van der Waals surface area (Å²) in [6.07, 6.45) is 4.91. The molecule has 0 saturated heterocycles. The number of hydrogen-bond acceptors (Lipinski definition) is 2. The van der Waals surface area contributed by atoms with Gasteiger partial charge in [0.05, 0.1) is 0 Å². The van der Waals surface area contributed by atoms with E-state index in [1.807, 2.05) is 0 Å². The fourth-order valence-corrected chi connectivity index (χ4v) is 4.06. The van der Waals surface area contributed by atoms with E-state index in [4.69, 9.17) is 0 Å². The van der Waals surface area contributed by atoms with Crippen molar-refractivity contribution < 1.29 is 0 Å². The predicted octanol–water partition coefficient (Wildman–Crippen LogP) is 4.78. The van der Waals surface area contributed by atoms with Crippen molar-refractivity contribution in [1.82, 2.24) is 4.90 Å². The largest absolute Gasteiger partial charge is 0.368 e. The molecule has 0 amide bonds. The molecular weight excluding hydrogens is 304 g/mol. The van der Waals surface area contributed by atoms with E-state index in [0.29, 0.717) is 6.04 Å². The summed E-state index contributed by atoms with van der Waals surface area (Å²) in [6.45, 7) is 9.23. The Labute approximate surface area is 153 Å². The highest BCUT2D eigenvalue weighted by Crippen LogP contribution is 2.29. The highest BCUT2D eigenvalue weighted by molar-refractivity contribution is 5.49. The summed E-state index contributed by atoms with van der Waals surface area (Å²) in [5.41, 5.74) is 4.45. The Balaban J connectivity index is 1.63. The van der Waals surface area contributed by atoms with E-state index in [0.717, 1.165) is 19.6 Å². The molecule has 3 rings (SSSR count). The van der Waals surface area contributed by atoms with Crippen LogP contribution in [0.3, 0.4) is 0 Å². The summed E-state index contributed by atoms with van der Waals surface area (Å²) in [7, 11) is 0. The third-order valence-corrected chi connectivity index (χ3v) is 5.58. The van der Waals surface area contributed by atoms with Crippen LogP contribution in [0.25, 0.3) is 0 Å². The topological polar surface area (TPSA) is 6.48 Å². The zero-order valence-corrected chi connectivity index (χ0v) is 15.8. The summed E-state index contributed by atoms with van der Waals surface area (Å²) >= 11 is 0. The zero-order chi connectivity index (χ0) is 17.5. The molecule has 0 radical (unpaired) electrons. The van der Waals surface area contributed by atoms with Crippen LogP contribution in [0.2, 0.25) is 0 Å². The molecule has 2 aromatic carbocycles. The third kappa shape index (κ3) is 4.64. The lowest BCUT2D eigenvalue weighted by atomic mass is 10.1. The van der Waals surface area contributed by atoms with E-state index in [9.17, 15) is 0 Å². The van der Waals surface area contributed by atoms with Gasteiger partial charge in [-0.05, 0) is 68.6 Å². The van der Waals surface area contributed by atoms with Gasteiger partial charge in [0.15, 0.2) is 0 Å². The second-order valence-electron chi connectivity index (χ2n) is 7.09. The fourth-order valence-electron chi connectivity index (χ4n) is 4.06. The van der Waals surface area contributed by atoms with Gasteiger partial charge in [-0.1, -0.05) is 56.3 Å². The van der Waals surface area contributed by atoms with Crippen LogP contribution >= 0.6 is 0 Å². The first-order valence-electron chi connectivity index (χ1n) is 9.92. The van der Waals surface area contributed by atoms with E-state index >= 15 is 0 Å². The molecule has 0 aliphatic heterocycles. The maximum absolute atomic E-state index is 2.65. The van der Waals surface area contributed by atoms with E-state index in [-0.39, 0.29) is 0 Å². The molecule has 0 saturated carbocycles. The van der Waals surface area contributed by atoms with Gasteiger partial charge in [0.1, 0.15) is 0 Å². The Kier molecular flexibility index (Phi) is 6.52. The van der Waals surface area contributed by atoms with Gasteiger partial charge in [-0.25, -0.2) is 0 Å². The van der Waals surface area contributed by atoms with Crippen LogP contribution < -0.4 is 4.90 Å². The number of hydrogen-bond donors (Lipinski definition) is 0. The molecule has 134 valence electrons. The van der Waals surface area contributed by atoms with E-state index in [1.54, 1.807) is 0 Å². The van der Waals surface area contributed by atoms with Gasteiger partial charge in [-0.15, -0.1) is 0 Å². The molecule has 2 heteroatoms. The smallest absolute Gasteiger partial charge is 0.0370 e. The number of fused-ring (bicyclic) bond motifs is 1. The van der Waals surface area contributed by atoms with Crippen LogP contribution in [0.4, 0.5) is 5.69 Å². The first kappa shape index (κ1) is 18.0. The molecule has 0 aromatic heterocycles. The van der Waals surface area contributed by atoms with Gasteiger partial charge in [-0.2, -0.15) is 0 Å². The van der Waals surface area contributed by atoms with Gasteiger partial charge >= 0.3 is 0 Å². The molecular formula is C23H32N2. The first-order chi connectivity index (χ1) is 12.3. The number of anilines is 1. The van der Waals surface area contributed by atoms with Crippen LogP contribution in [0, 0.1) is 0 Å². The lowest BCUT2D eigenvalue weighted by Gasteiger charge is -2.31. The monoisotopic (exact) mass is 336 g/mol. The molecule has 0 unspecified atom stereocenters. The normalized spacial score (nSPS) is 14.0. The van der Waals surface area contributed by atoms with Gasteiger partial charge in [0.2, 0.25) is 0 Å². The van der Waals surface area contributed by atoms with Crippen molar-refractivity contribution in [3.05, 3.63) is 65.7 Å². The highest BCUT2D eigenvalue weighted by Gasteiger charge is 2.26. The number of para-hydroxylation sites is 1. The quantitative estimate of drug-likeness (QED) is 0.608. The van der Waals surface area contributed by atoms with E-state index in [1.165, 1.54) is 49.0 Å². The van der Waals surface area contributed by atoms with E-state index in [2.05, 4.69) is 78.2 Å². The molecule has 2 aromatic rings. The van der Waals surface area contributed by atoms with Crippen molar-refractivity contribution in [2.75, 3.05) is 31.1 Å². The summed E-state index contributed by atoms with van der Waals surface area (Å²) < 4.78 is 0. The standard InChI is InChI=1S/C23H32N2/c1-3-24(4-2)16-10-11-17-25(22-14-6-5-7-15-22)23-18-20-12-8-9-13-21(20)19-23/h5-9,12-15,23H,3-4,10-11,16-19H2,1-2H3. The Morgan fingerprint density at radius 3 is 1.92 bits per heavy atom. The number of unbranched alkanes of at least 4 members (excludes halogenated alkanes) is 1. The lowest BCUT2D eigenvalue weighted by Crippen LogP contribution is -2.37. The average molecular weight is 337 g/mol. The highest BCUT2D eigenvalue weighted by atomic mass is 15.2. The van der Waals surface area contributed by atoms with Crippen LogP contribution in [-0.2, 0) is 12.8 Å². The molecule has 0 heterocycles. The van der Waals surface area contributed by atoms with Crippen molar-refractivity contribution in [3.63, 3.8) is 0 Å². The second kappa shape index (κ2) is 9.05. The Hall–Kier alpha value is -1.80. The zero-order valence-electron chi connectivity index (χ0n) is 15.8. The first-order valence-corrected chi connectivity index (χ1v) is 9.92. The molecule has 0 spiro atoms. The minimum atomic E-state index is 0.605. The summed E-state index contributed by atoms with van der Waals surface area (Å²) in [5, 5.41) is 0. The van der Waals surface area contributed by atoms with Gasteiger partial charge in [0.25, 0.3) is 0 Å². The van der Waals surface area contributed by atoms with Gasteiger partial charge < -0.3 is 9.80 Å². The van der Waals surface area contributed by atoms with Crippen molar-refractivity contribution in [2.24, 2.45) is 0 Å². The number of benzene rings is 2. The lowest BCUT2D eigenvalue weighted by molar-refractivity contribution is 0.297. The minimum Gasteiger partial charge on any atom is -0.368 e. The molecule has 1 aliphatic carbocycles. The maximum Gasteiger partial charge on any atom is 0.0370 e. The number of nitrogens with zero attached hydrogens (tertiary/aromatic N) is 2. The van der Waals surface area contributed by atoms with Crippen molar-refractivity contribution in [3.8, 4) is 0 Å². The van der Waals surface area contributed by atoms with Gasteiger partial charge in [0, 0.05) is 18.3 Å². The maximum atomic E-state index is 2.65. The molecule has 25 heavy (non-hydrogen) atoms. The Morgan fingerprint density at radius 2 is 1.32 bits per heavy atom. The van der Waals surface area contributed by atoms with Crippen LogP contribution in [0.15, 0.2) is 54.6 Å². The average Bonchev–Trinajstić information content (AvgIpc) is 3.09. The fraction of sp³-hybridized carbons (Fsp3) is 0.478. The second-order valence-corrected chi connectivity index (χ2v) is 7.09.